The minimum absolute atomic E-state index is 0.0627. The summed E-state index contributed by atoms with van der Waals surface area (Å²) >= 11 is 17.8. The van der Waals surface area contributed by atoms with Crippen LogP contribution in [0.3, 0.4) is 0 Å². The Bertz CT molecular complexity index is 1410. The minimum Gasteiger partial charge on any atom is -0.325 e. The predicted molar refractivity (Wildman–Crippen MR) is 136 cm³/mol. The fourth-order valence-corrected chi connectivity index (χ4v) is 5.30. The van der Waals surface area contributed by atoms with Crippen LogP contribution >= 0.6 is 34.8 Å². The standard InChI is InChI=1S/C21H18Cl3N3O5S2/c1-33(29,30)27(16-9-5-14(22)6-10-16)13-20(28)25-15-7-11-17(12-8-15)34(31,32)26-19-4-2-3-18(23)21(19)24/h2-12,26H,13H2,1H3,(H,25,28). The maximum Gasteiger partial charge on any atom is 0.261 e. The fraction of sp³-hybridized carbons (Fsp3) is 0.0952. The normalized spacial score (nSPS) is 11.6. The molecule has 3 rings (SSSR count). The van der Waals surface area contributed by atoms with Crippen molar-refractivity contribution in [1.82, 2.24) is 0 Å². The van der Waals surface area contributed by atoms with Gasteiger partial charge in [-0.3, -0.25) is 13.8 Å². The van der Waals surface area contributed by atoms with Gasteiger partial charge in [0.05, 0.1) is 32.6 Å². The summed E-state index contributed by atoms with van der Waals surface area (Å²) in [6.07, 6.45) is 0.980. The molecule has 0 aliphatic heterocycles. The molecule has 0 aliphatic carbocycles. The average Bonchev–Trinajstić information content (AvgIpc) is 2.75. The van der Waals surface area contributed by atoms with E-state index in [1.165, 1.54) is 60.7 Å². The number of hydrogen-bond donors (Lipinski definition) is 2. The smallest absolute Gasteiger partial charge is 0.261 e. The number of hydrogen-bond acceptors (Lipinski definition) is 5. The zero-order valence-electron chi connectivity index (χ0n) is 17.5. The molecule has 0 radical (unpaired) electrons. The quantitative estimate of drug-likeness (QED) is 0.407. The van der Waals surface area contributed by atoms with Crippen LogP contribution in [0, 0.1) is 0 Å². The van der Waals surface area contributed by atoms with E-state index in [0.717, 1.165) is 10.6 Å². The van der Waals surface area contributed by atoms with Gasteiger partial charge in [-0.25, -0.2) is 16.8 Å². The van der Waals surface area contributed by atoms with E-state index >= 15 is 0 Å². The van der Waals surface area contributed by atoms with Crippen LogP contribution in [0.1, 0.15) is 0 Å². The number of rotatable bonds is 8. The van der Waals surface area contributed by atoms with Crippen LogP contribution in [-0.2, 0) is 24.8 Å². The second-order valence-corrected chi connectivity index (χ2v) is 11.8. The number of anilines is 3. The van der Waals surface area contributed by atoms with Gasteiger partial charge < -0.3 is 5.32 Å². The van der Waals surface area contributed by atoms with Gasteiger partial charge in [-0.1, -0.05) is 40.9 Å². The molecule has 0 saturated heterocycles. The molecule has 0 bridgehead atoms. The number of sulfonamides is 2. The summed E-state index contributed by atoms with van der Waals surface area (Å²) in [5, 5.41) is 3.22. The number of amides is 1. The van der Waals surface area contributed by atoms with Gasteiger partial charge in [-0.2, -0.15) is 0 Å². The van der Waals surface area contributed by atoms with Crippen molar-refractivity contribution in [2.75, 3.05) is 27.1 Å². The van der Waals surface area contributed by atoms with Crippen molar-refractivity contribution in [2.24, 2.45) is 0 Å². The first-order valence-electron chi connectivity index (χ1n) is 9.47. The SMILES string of the molecule is CS(=O)(=O)N(CC(=O)Nc1ccc(S(=O)(=O)Nc2cccc(Cl)c2Cl)cc1)c1ccc(Cl)cc1. The summed E-state index contributed by atoms with van der Waals surface area (Å²) in [5.74, 6) is -0.625. The highest BCUT2D eigenvalue weighted by Gasteiger charge is 2.21. The summed E-state index contributed by atoms with van der Waals surface area (Å²) < 4.78 is 52.9. The molecule has 3 aromatic rings. The monoisotopic (exact) mass is 561 g/mol. The largest absolute Gasteiger partial charge is 0.325 e. The lowest BCUT2D eigenvalue weighted by Gasteiger charge is -2.22. The van der Waals surface area contributed by atoms with Crippen LogP contribution in [0.5, 0.6) is 0 Å². The molecule has 3 aromatic carbocycles. The summed E-state index contributed by atoms with van der Waals surface area (Å²) in [4.78, 5) is 12.4. The van der Waals surface area contributed by atoms with E-state index in [4.69, 9.17) is 34.8 Å². The van der Waals surface area contributed by atoms with E-state index in [2.05, 4.69) is 10.0 Å². The first kappa shape index (κ1) is 26.1. The van der Waals surface area contributed by atoms with E-state index in [1.807, 2.05) is 0 Å². The van der Waals surface area contributed by atoms with E-state index < -0.39 is 32.5 Å². The molecule has 0 aliphatic rings. The Morgan fingerprint density at radius 2 is 1.50 bits per heavy atom. The predicted octanol–water partition coefficient (Wildman–Crippen LogP) is 4.85. The third kappa shape index (κ3) is 6.55. The molecule has 1 amide bonds. The van der Waals surface area contributed by atoms with Gasteiger partial charge in [0.1, 0.15) is 6.54 Å². The molecule has 34 heavy (non-hydrogen) atoms. The number of benzene rings is 3. The maximum atomic E-state index is 12.7. The van der Waals surface area contributed by atoms with Crippen LogP contribution < -0.4 is 14.3 Å². The summed E-state index contributed by atoms with van der Waals surface area (Å²) in [7, 11) is -7.74. The molecular weight excluding hydrogens is 545 g/mol. The highest BCUT2D eigenvalue weighted by Crippen LogP contribution is 2.31. The van der Waals surface area contributed by atoms with Crippen molar-refractivity contribution >= 4 is 77.8 Å². The molecule has 0 unspecified atom stereocenters. The van der Waals surface area contributed by atoms with Gasteiger partial charge >= 0.3 is 0 Å². The lowest BCUT2D eigenvalue weighted by molar-refractivity contribution is -0.114. The molecule has 0 spiro atoms. The highest BCUT2D eigenvalue weighted by atomic mass is 35.5. The number of nitrogens with one attached hydrogen (secondary N) is 2. The molecule has 0 aromatic heterocycles. The lowest BCUT2D eigenvalue weighted by atomic mass is 10.3. The third-order valence-electron chi connectivity index (χ3n) is 4.45. The van der Waals surface area contributed by atoms with E-state index in [9.17, 15) is 21.6 Å². The van der Waals surface area contributed by atoms with Crippen LogP contribution in [-0.4, -0.2) is 35.5 Å². The molecule has 2 N–H and O–H groups in total. The van der Waals surface area contributed by atoms with Crippen molar-refractivity contribution in [2.45, 2.75) is 4.90 Å². The van der Waals surface area contributed by atoms with E-state index in [1.54, 1.807) is 6.07 Å². The van der Waals surface area contributed by atoms with Crippen molar-refractivity contribution in [3.05, 3.63) is 81.8 Å². The Kier molecular flexibility index (Phi) is 7.99. The Labute approximate surface area is 212 Å². The number of halogens is 3. The highest BCUT2D eigenvalue weighted by molar-refractivity contribution is 7.92. The summed E-state index contributed by atoms with van der Waals surface area (Å²) in [5.41, 5.74) is 0.665. The van der Waals surface area contributed by atoms with Crippen LogP contribution in [0.4, 0.5) is 17.1 Å². The van der Waals surface area contributed by atoms with E-state index in [-0.39, 0.29) is 32.0 Å². The molecular formula is C21H18Cl3N3O5S2. The number of carbonyl (C=O) groups excluding carboxylic acids is 1. The first-order chi connectivity index (χ1) is 15.9. The van der Waals surface area contributed by atoms with Crippen LogP contribution in [0.15, 0.2) is 71.6 Å². The Balaban J connectivity index is 1.72. The minimum atomic E-state index is -3.98. The van der Waals surface area contributed by atoms with Gasteiger partial charge in [0.2, 0.25) is 15.9 Å². The van der Waals surface area contributed by atoms with Gasteiger partial charge in [0.25, 0.3) is 10.0 Å². The Hall–Kier alpha value is -2.50. The second kappa shape index (κ2) is 10.4. The zero-order valence-corrected chi connectivity index (χ0v) is 21.4. The Morgan fingerprint density at radius 3 is 2.09 bits per heavy atom. The lowest BCUT2D eigenvalue weighted by Crippen LogP contribution is -2.37. The topological polar surface area (TPSA) is 113 Å². The average molecular weight is 563 g/mol. The number of carbonyl (C=O) groups is 1. The zero-order chi connectivity index (χ0) is 25.1. The Morgan fingerprint density at radius 1 is 0.882 bits per heavy atom. The fourth-order valence-electron chi connectivity index (χ4n) is 2.84. The van der Waals surface area contributed by atoms with E-state index in [0.29, 0.717) is 5.02 Å². The van der Waals surface area contributed by atoms with Crippen molar-refractivity contribution in [3.63, 3.8) is 0 Å². The molecule has 13 heteroatoms. The van der Waals surface area contributed by atoms with Crippen LogP contribution in [0.2, 0.25) is 15.1 Å². The molecule has 0 atom stereocenters. The third-order valence-corrected chi connectivity index (χ3v) is 8.04. The molecule has 0 saturated carbocycles. The van der Waals surface area contributed by atoms with Gasteiger partial charge in [0.15, 0.2) is 0 Å². The molecule has 8 nitrogen and oxygen atoms in total. The van der Waals surface area contributed by atoms with Crippen molar-refractivity contribution in [1.29, 1.82) is 0 Å². The second-order valence-electron chi connectivity index (χ2n) is 7.03. The molecule has 180 valence electrons. The number of nitrogens with zero attached hydrogens (tertiary/aromatic N) is 1. The van der Waals surface area contributed by atoms with Gasteiger partial charge in [-0.05, 0) is 60.7 Å². The van der Waals surface area contributed by atoms with Gasteiger partial charge in [-0.15, -0.1) is 0 Å². The summed E-state index contributed by atoms with van der Waals surface area (Å²) in [6.45, 7) is -0.491. The molecule has 0 fully saturated rings. The van der Waals surface area contributed by atoms with Crippen molar-refractivity contribution < 1.29 is 21.6 Å². The maximum absolute atomic E-state index is 12.7. The summed E-state index contributed by atoms with van der Waals surface area (Å²) in [6, 6.07) is 15.8. The van der Waals surface area contributed by atoms with Crippen LogP contribution in [0.25, 0.3) is 0 Å². The first-order valence-corrected chi connectivity index (χ1v) is 13.9. The van der Waals surface area contributed by atoms with Gasteiger partial charge in [0, 0.05) is 10.7 Å². The van der Waals surface area contributed by atoms with Crippen molar-refractivity contribution in [3.8, 4) is 0 Å². The molecule has 0 heterocycles.